The summed E-state index contributed by atoms with van der Waals surface area (Å²) in [6.07, 6.45) is 0. The van der Waals surface area contributed by atoms with Crippen LogP contribution in [0.3, 0.4) is 0 Å². The van der Waals surface area contributed by atoms with E-state index in [1.807, 2.05) is 0 Å². The van der Waals surface area contributed by atoms with Gasteiger partial charge in [0.05, 0.1) is 0 Å². The van der Waals surface area contributed by atoms with Crippen LogP contribution in [0.1, 0.15) is 26.3 Å². The highest BCUT2D eigenvalue weighted by molar-refractivity contribution is 6.05. The summed E-state index contributed by atoms with van der Waals surface area (Å²) in [5, 5.41) is 5.38. The van der Waals surface area contributed by atoms with Crippen molar-refractivity contribution in [1.29, 1.82) is 0 Å². The van der Waals surface area contributed by atoms with Crippen molar-refractivity contribution in [3.63, 3.8) is 0 Å². The fourth-order valence-electron chi connectivity index (χ4n) is 2.40. The predicted octanol–water partition coefficient (Wildman–Crippen LogP) is 4.15. The Bertz CT molecular complexity index is 937. The molecule has 0 radical (unpaired) electrons. The number of benzene rings is 3. The second kappa shape index (κ2) is 8.23. The standard InChI is InChI=1S/C21H16F2N2O2/c22-17-7-1-14(2-8-17)13-24-20(26)15-3-5-16(6-4-15)21(27)25-19-11-9-18(23)10-12-19/h1-12H,13H2,(H,24,26)(H,25,27). The van der Waals surface area contributed by atoms with Crippen LogP contribution in [0.25, 0.3) is 0 Å². The lowest BCUT2D eigenvalue weighted by molar-refractivity contribution is 0.0949. The molecule has 3 aromatic rings. The highest BCUT2D eigenvalue weighted by Gasteiger charge is 2.09. The number of rotatable bonds is 5. The van der Waals surface area contributed by atoms with Gasteiger partial charge in [-0.1, -0.05) is 12.1 Å². The topological polar surface area (TPSA) is 58.2 Å². The van der Waals surface area contributed by atoms with E-state index in [1.54, 1.807) is 24.3 Å². The molecule has 136 valence electrons. The molecular weight excluding hydrogens is 350 g/mol. The Hall–Kier alpha value is -3.54. The van der Waals surface area contributed by atoms with E-state index in [0.29, 0.717) is 16.8 Å². The van der Waals surface area contributed by atoms with Crippen molar-refractivity contribution < 1.29 is 18.4 Å². The molecule has 0 aliphatic rings. The van der Waals surface area contributed by atoms with E-state index in [4.69, 9.17) is 0 Å². The van der Waals surface area contributed by atoms with E-state index in [0.717, 1.165) is 5.56 Å². The van der Waals surface area contributed by atoms with E-state index >= 15 is 0 Å². The zero-order valence-electron chi connectivity index (χ0n) is 14.2. The Morgan fingerprint density at radius 3 is 1.70 bits per heavy atom. The molecule has 6 heteroatoms. The Morgan fingerprint density at radius 1 is 0.667 bits per heavy atom. The van der Waals surface area contributed by atoms with Gasteiger partial charge in [-0.15, -0.1) is 0 Å². The van der Waals surface area contributed by atoms with Gasteiger partial charge in [0.2, 0.25) is 0 Å². The summed E-state index contributed by atoms with van der Waals surface area (Å²) in [4.78, 5) is 24.4. The first-order valence-electron chi connectivity index (χ1n) is 8.21. The number of amides is 2. The highest BCUT2D eigenvalue weighted by Crippen LogP contribution is 2.12. The van der Waals surface area contributed by atoms with Crippen molar-refractivity contribution in [3.8, 4) is 0 Å². The third-order valence-corrected chi connectivity index (χ3v) is 3.88. The fourth-order valence-corrected chi connectivity index (χ4v) is 2.40. The summed E-state index contributed by atoms with van der Waals surface area (Å²) in [5.74, 6) is -1.38. The van der Waals surface area contributed by atoms with E-state index in [-0.39, 0.29) is 30.0 Å². The fraction of sp³-hybridized carbons (Fsp3) is 0.0476. The van der Waals surface area contributed by atoms with E-state index < -0.39 is 0 Å². The van der Waals surface area contributed by atoms with Crippen LogP contribution in [0.2, 0.25) is 0 Å². The van der Waals surface area contributed by atoms with Crippen molar-refractivity contribution >= 4 is 17.5 Å². The van der Waals surface area contributed by atoms with Crippen molar-refractivity contribution in [2.75, 3.05) is 5.32 Å². The summed E-state index contributed by atoms with van der Waals surface area (Å²) < 4.78 is 25.8. The molecule has 27 heavy (non-hydrogen) atoms. The van der Waals surface area contributed by atoms with Gasteiger partial charge in [-0.05, 0) is 66.2 Å². The van der Waals surface area contributed by atoms with Gasteiger partial charge in [-0.25, -0.2) is 8.78 Å². The molecule has 0 spiro atoms. The SMILES string of the molecule is O=C(NCc1ccc(F)cc1)c1ccc(C(=O)Nc2ccc(F)cc2)cc1. The van der Waals surface area contributed by atoms with Crippen LogP contribution in [0.5, 0.6) is 0 Å². The molecule has 3 rings (SSSR count). The van der Waals surface area contributed by atoms with Crippen LogP contribution in [0.4, 0.5) is 14.5 Å². The Kier molecular flexibility index (Phi) is 5.56. The molecule has 0 saturated heterocycles. The van der Waals surface area contributed by atoms with Gasteiger partial charge < -0.3 is 10.6 Å². The average molecular weight is 366 g/mol. The van der Waals surface area contributed by atoms with Crippen molar-refractivity contribution in [2.24, 2.45) is 0 Å². The normalized spacial score (nSPS) is 10.3. The van der Waals surface area contributed by atoms with Crippen LogP contribution < -0.4 is 10.6 Å². The molecular formula is C21H16F2N2O2. The molecule has 2 amide bonds. The van der Waals surface area contributed by atoms with Crippen molar-refractivity contribution in [3.05, 3.63) is 101 Å². The second-order valence-electron chi connectivity index (χ2n) is 5.85. The minimum atomic E-state index is -0.385. The molecule has 4 nitrogen and oxygen atoms in total. The third kappa shape index (κ3) is 4.98. The zero-order chi connectivity index (χ0) is 19.2. The molecule has 0 bridgehead atoms. The van der Waals surface area contributed by atoms with Crippen LogP contribution in [-0.4, -0.2) is 11.8 Å². The summed E-state index contributed by atoms with van der Waals surface area (Å²) in [6.45, 7) is 0.270. The first-order chi connectivity index (χ1) is 13.0. The van der Waals surface area contributed by atoms with Gasteiger partial charge in [0, 0.05) is 23.4 Å². The van der Waals surface area contributed by atoms with Gasteiger partial charge in [-0.2, -0.15) is 0 Å². The molecule has 2 N–H and O–H groups in total. The second-order valence-corrected chi connectivity index (χ2v) is 5.85. The molecule has 0 unspecified atom stereocenters. The molecule has 0 saturated carbocycles. The maximum absolute atomic E-state index is 12.9. The van der Waals surface area contributed by atoms with Crippen LogP contribution in [0, 0.1) is 11.6 Å². The largest absolute Gasteiger partial charge is 0.348 e. The molecule has 0 aromatic heterocycles. The van der Waals surface area contributed by atoms with Gasteiger partial charge >= 0.3 is 0 Å². The van der Waals surface area contributed by atoms with Crippen LogP contribution in [-0.2, 0) is 6.54 Å². The zero-order valence-corrected chi connectivity index (χ0v) is 14.2. The highest BCUT2D eigenvalue weighted by atomic mass is 19.1. The van der Waals surface area contributed by atoms with E-state index in [9.17, 15) is 18.4 Å². The van der Waals surface area contributed by atoms with Crippen molar-refractivity contribution in [2.45, 2.75) is 6.54 Å². The number of anilines is 1. The van der Waals surface area contributed by atoms with Gasteiger partial charge in [0.15, 0.2) is 0 Å². The summed E-state index contributed by atoms with van der Waals surface area (Å²) >= 11 is 0. The predicted molar refractivity (Wildman–Crippen MR) is 98.4 cm³/mol. The molecule has 0 fully saturated rings. The van der Waals surface area contributed by atoms with Gasteiger partial charge in [-0.3, -0.25) is 9.59 Å². The quantitative estimate of drug-likeness (QED) is 0.713. The summed E-state index contributed by atoms with van der Waals surface area (Å²) in [7, 11) is 0. The minimum absolute atomic E-state index is 0.270. The summed E-state index contributed by atoms with van der Waals surface area (Å²) in [5.41, 5.74) is 2.02. The number of hydrogen-bond acceptors (Lipinski definition) is 2. The molecule has 0 aliphatic carbocycles. The first kappa shape index (κ1) is 18.3. The molecule has 0 aliphatic heterocycles. The maximum Gasteiger partial charge on any atom is 0.255 e. The van der Waals surface area contributed by atoms with Crippen LogP contribution in [0.15, 0.2) is 72.8 Å². The smallest absolute Gasteiger partial charge is 0.255 e. The average Bonchev–Trinajstić information content (AvgIpc) is 2.69. The van der Waals surface area contributed by atoms with Crippen LogP contribution >= 0.6 is 0 Å². The van der Waals surface area contributed by atoms with E-state index in [1.165, 1.54) is 48.5 Å². The number of carbonyl (C=O) groups excluding carboxylic acids is 2. The lowest BCUT2D eigenvalue weighted by atomic mass is 10.1. The van der Waals surface area contributed by atoms with Gasteiger partial charge in [0.1, 0.15) is 11.6 Å². The number of carbonyl (C=O) groups is 2. The maximum atomic E-state index is 12.9. The number of halogens is 2. The Balaban J connectivity index is 1.58. The molecule has 3 aromatic carbocycles. The third-order valence-electron chi connectivity index (χ3n) is 3.88. The monoisotopic (exact) mass is 366 g/mol. The Labute approximate surface area is 154 Å². The Morgan fingerprint density at radius 2 is 1.15 bits per heavy atom. The minimum Gasteiger partial charge on any atom is -0.348 e. The summed E-state index contributed by atoms with van der Waals surface area (Å²) in [6, 6.07) is 17.4. The number of hydrogen-bond donors (Lipinski definition) is 2. The molecule has 0 heterocycles. The lowest BCUT2D eigenvalue weighted by Gasteiger charge is -2.08. The molecule has 0 atom stereocenters. The first-order valence-corrected chi connectivity index (χ1v) is 8.21. The van der Waals surface area contributed by atoms with Crippen molar-refractivity contribution in [1.82, 2.24) is 5.32 Å². The lowest BCUT2D eigenvalue weighted by Crippen LogP contribution is -2.23. The number of nitrogens with one attached hydrogen (secondary N) is 2. The van der Waals surface area contributed by atoms with Gasteiger partial charge in [0.25, 0.3) is 11.8 Å². The van der Waals surface area contributed by atoms with E-state index in [2.05, 4.69) is 10.6 Å².